The van der Waals surface area contributed by atoms with Crippen molar-refractivity contribution < 1.29 is 9.59 Å². The first-order valence-electron chi connectivity index (χ1n) is 7.34. The lowest BCUT2D eigenvalue weighted by atomic mass is 10.2. The van der Waals surface area contributed by atoms with E-state index in [1.165, 1.54) is 5.56 Å². The van der Waals surface area contributed by atoms with Crippen LogP contribution in [0.1, 0.15) is 38.1 Å². The second-order valence-electron chi connectivity index (χ2n) is 5.05. The number of amides is 2. The Labute approximate surface area is 134 Å². The quantitative estimate of drug-likeness (QED) is 0.807. The molecule has 1 aliphatic heterocycles. The average Bonchev–Trinajstić information content (AvgIpc) is 3.10. The topological polar surface area (TPSA) is 40.6 Å². The predicted octanol–water partition coefficient (Wildman–Crippen LogP) is 2.97. The summed E-state index contributed by atoms with van der Waals surface area (Å²) in [6, 6.07) is 2.08. The third kappa shape index (κ3) is 3.61. The molecule has 2 rings (SSSR count). The summed E-state index contributed by atoms with van der Waals surface area (Å²) in [6.45, 7) is 7.73. The lowest BCUT2D eigenvalue weighted by molar-refractivity contribution is -0.134. The van der Waals surface area contributed by atoms with Gasteiger partial charge in [-0.2, -0.15) is 11.3 Å². The van der Waals surface area contributed by atoms with Crippen LogP contribution in [0.4, 0.5) is 0 Å². The summed E-state index contributed by atoms with van der Waals surface area (Å²) < 4.78 is 0. The summed E-state index contributed by atoms with van der Waals surface area (Å²) >= 11 is 3.34. The Kier molecular flexibility index (Phi) is 5.70. The monoisotopic (exact) mass is 326 g/mol. The number of nitrogens with zero attached hydrogens (tertiary/aromatic N) is 2. The molecular formula is C15H22N2O2S2. The molecule has 2 heterocycles. The molecule has 0 saturated carbocycles. The zero-order chi connectivity index (χ0) is 15.4. The largest absolute Gasteiger partial charge is 0.341 e. The lowest BCUT2D eigenvalue weighted by Gasteiger charge is -2.27. The average molecular weight is 326 g/mol. The van der Waals surface area contributed by atoms with E-state index in [-0.39, 0.29) is 22.4 Å². The number of hydrogen-bond acceptors (Lipinski definition) is 4. The summed E-state index contributed by atoms with van der Waals surface area (Å²) in [5.74, 6) is 0.327. The number of carbonyl (C=O) groups excluding carboxylic acids is 2. The standard InChI is InChI=1S/C15H22N2O2S2/c1-4-13(18)16(5-2)7-8-17-14(19)11(3)21-15(17)12-6-9-20-10-12/h6,9-11,15H,4-5,7-8H2,1-3H3/t11-,15-/m1/s1. The molecule has 0 N–H and O–H groups in total. The Morgan fingerprint density at radius 3 is 2.76 bits per heavy atom. The maximum atomic E-state index is 12.4. The van der Waals surface area contributed by atoms with Crippen molar-refractivity contribution in [3.8, 4) is 0 Å². The highest BCUT2D eigenvalue weighted by molar-refractivity contribution is 8.01. The van der Waals surface area contributed by atoms with Crippen molar-refractivity contribution in [1.29, 1.82) is 0 Å². The van der Waals surface area contributed by atoms with E-state index in [2.05, 4.69) is 11.4 Å². The highest BCUT2D eigenvalue weighted by Gasteiger charge is 2.38. The van der Waals surface area contributed by atoms with Gasteiger partial charge >= 0.3 is 0 Å². The fourth-order valence-corrected chi connectivity index (χ4v) is 4.55. The molecule has 0 radical (unpaired) electrons. The molecule has 21 heavy (non-hydrogen) atoms. The van der Waals surface area contributed by atoms with Gasteiger partial charge in [0.2, 0.25) is 11.8 Å². The van der Waals surface area contributed by atoms with Gasteiger partial charge in [0.1, 0.15) is 5.37 Å². The number of likely N-dealkylation sites (N-methyl/N-ethyl adjacent to an activating group) is 1. The van der Waals surface area contributed by atoms with E-state index in [0.717, 1.165) is 0 Å². The number of thioether (sulfide) groups is 1. The van der Waals surface area contributed by atoms with Gasteiger partial charge in [0.05, 0.1) is 5.25 Å². The van der Waals surface area contributed by atoms with Gasteiger partial charge in [0.25, 0.3) is 0 Å². The first-order valence-corrected chi connectivity index (χ1v) is 9.22. The van der Waals surface area contributed by atoms with Crippen LogP contribution in [0, 0.1) is 0 Å². The van der Waals surface area contributed by atoms with Crippen molar-refractivity contribution in [1.82, 2.24) is 9.80 Å². The molecule has 0 bridgehead atoms. The Morgan fingerprint density at radius 1 is 1.43 bits per heavy atom. The molecule has 1 aliphatic rings. The fraction of sp³-hybridized carbons (Fsp3) is 0.600. The van der Waals surface area contributed by atoms with E-state index in [4.69, 9.17) is 0 Å². The zero-order valence-electron chi connectivity index (χ0n) is 12.7. The first-order chi connectivity index (χ1) is 10.1. The van der Waals surface area contributed by atoms with Gasteiger partial charge in [-0.15, -0.1) is 11.8 Å². The Balaban J connectivity index is 2.05. The summed E-state index contributed by atoms with van der Waals surface area (Å²) in [7, 11) is 0. The van der Waals surface area contributed by atoms with Gasteiger partial charge < -0.3 is 9.80 Å². The highest BCUT2D eigenvalue weighted by atomic mass is 32.2. The molecule has 2 amide bonds. The minimum atomic E-state index is -0.00754. The number of hydrogen-bond donors (Lipinski definition) is 0. The van der Waals surface area contributed by atoms with Crippen molar-refractivity contribution in [3.63, 3.8) is 0 Å². The van der Waals surface area contributed by atoms with Crippen LogP contribution >= 0.6 is 23.1 Å². The highest BCUT2D eigenvalue weighted by Crippen LogP contribution is 2.43. The van der Waals surface area contributed by atoms with Crippen LogP contribution in [0.15, 0.2) is 16.8 Å². The summed E-state index contributed by atoms with van der Waals surface area (Å²) in [5.41, 5.74) is 1.19. The molecule has 6 heteroatoms. The predicted molar refractivity (Wildman–Crippen MR) is 88.4 cm³/mol. The van der Waals surface area contributed by atoms with E-state index in [9.17, 15) is 9.59 Å². The van der Waals surface area contributed by atoms with Gasteiger partial charge in [-0.25, -0.2) is 0 Å². The molecule has 1 aromatic rings. The molecule has 116 valence electrons. The number of thiophene rings is 1. The van der Waals surface area contributed by atoms with E-state index in [1.807, 2.05) is 36.0 Å². The summed E-state index contributed by atoms with van der Waals surface area (Å²) in [5, 5.41) is 4.23. The van der Waals surface area contributed by atoms with E-state index in [1.54, 1.807) is 23.1 Å². The smallest absolute Gasteiger partial charge is 0.236 e. The molecule has 1 saturated heterocycles. The molecular weight excluding hydrogens is 304 g/mol. The lowest BCUT2D eigenvalue weighted by Crippen LogP contribution is -2.40. The fourth-order valence-electron chi connectivity index (χ4n) is 2.49. The van der Waals surface area contributed by atoms with Crippen molar-refractivity contribution >= 4 is 34.9 Å². The van der Waals surface area contributed by atoms with Gasteiger partial charge in [-0.3, -0.25) is 9.59 Å². The van der Waals surface area contributed by atoms with Crippen molar-refractivity contribution in [2.24, 2.45) is 0 Å². The van der Waals surface area contributed by atoms with Gasteiger partial charge in [0.15, 0.2) is 0 Å². The van der Waals surface area contributed by atoms with Gasteiger partial charge in [-0.1, -0.05) is 6.92 Å². The normalized spacial score (nSPS) is 21.9. The molecule has 1 fully saturated rings. The Morgan fingerprint density at radius 2 is 2.19 bits per heavy atom. The van der Waals surface area contributed by atoms with E-state index < -0.39 is 0 Å². The van der Waals surface area contributed by atoms with Crippen molar-refractivity contribution in [2.45, 2.75) is 37.8 Å². The van der Waals surface area contributed by atoms with Crippen LogP contribution in [0.25, 0.3) is 0 Å². The van der Waals surface area contributed by atoms with Crippen LogP contribution in [-0.4, -0.2) is 46.5 Å². The number of rotatable bonds is 6. The molecule has 4 nitrogen and oxygen atoms in total. The van der Waals surface area contributed by atoms with E-state index >= 15 is 0 Å². The Bertz CT molecular complexity index is 490. The third-order valence-corrected chi connectivity index (χ3v) is 5.82. The second kappa shape index (κ2) is 7.31. The summed E-state index contributed by atoms with van der Waals surface area (Å²) in [6.07, 6.45) is 0.515. The maximum Gasteiger partial charge on any atom is 0.236 e. The van der Waals surface area contributed by atoms with Crippen molar-refractivity contribution in [2.75, 3.05) is 19.6 Å². The van der Waals surface area contributed by atoms with Crippen LogP contribution in [-0.2, 0) is 9.59 Å². The van der Waals surface area contributed by atoms with Gasteiger partial charge in [0, 0.05) is 26.1 Å². The molecule has 0 spiro atoms. The minimum Gasteiger partial charge on any atom is -0.341 e. The maximum absolute atomic E-state index is 12.4. The zero-order valence-corrected chi connectivity index (χ0v) is 14.4. The molecule has 0 aromatic carbocycles. The van der Waals surface area contributed by atoms with Crippen LogP contribution in [0.5, 0.6) is 0 Å². The van der Waals surface area contributed by atoms with Crippen LogP contribution in [0.3, 0.4) is 0 Å². The second-order valence-corrected chi connectivity index (χ2v) is 7.25. The first kappa shape index (κ1) is 16.4. The van der Waals surface area contributed by atoms with Gasteiger partial charge in [-0.05, 0) is 36.2 Å². The minimum absolute atomic E-state index is 0.00754. The SMILES string of the molecule is CCC(=O)N(CC)CCN1C(=O)[C@@H](C)S[C@@H]1c1ccsc1. The molecule has 0 unspecified atom stereocenters. The Hall–Kier alpha value is -1.01. The van der Waals surface area contributed by atoms with E-state index in [0.29, 0.717) is 26.1 Å². The molecule has 0 aliphatic carbocycles. The molecule has 1 aromatic heterocycles. The summed E-state index contributed by atoms with van der Waals surface area (Å²) in [4.78, 5) is 27.9. The van der Waals surface area contributed by atoms with Crippen LogP contribution < -0.4 is 0 Å². The van der Waals surface area contributed by atoms with Crippen molar-refractivity contribution in [3.05, 3.63) is 22.4 Å². The third-order valence-electron chi connectivity index (χ3n) is 3.72. The number of carbonyl (C=O) groups is 2. The van der Waals surface area contributed by atoms with Crippen LogP contribution in [0.2, 0.25) is 0 Å². The molecule has 2 atom stereocenters.